The van der Waals surface area contributed by atoms with Crippen LogP contribution in [0.4, 0.5) is 18.9 Å². The molecule has 2 rings (SSSR count). The maximum atomic E-state index is 12.9. The molecule has 2 aromatic rings. The minimum absolute atomic E-state index is 0.0883. The maximum Gasteiger partial charge on any atom is 0.417 e. The summed E-state index contributed by atoms with van der Waals surface area (Å²) in [5.74, 6) is -0.438. The minimum Gasteiger partial charge on any atom is -0.497 e. The molecule has 2 amide bonds. The van der Waals surface area contributed by atoms with Gasteiger partial charge in [0, 0.05) is 18.8 Å². The predicted octanol–water partition coefficient (Wildman–Crippen LogP) is 4.09. The fraction of sp³-hybridized carbons (Fsp3) is 0.263. The summed E-state index contributed by atoms with van der Waals surface area (Å²) in [6.07, 6.45) is -4.66. The van der Waals surface area contributed by atoms with E-state index in [1.54, 1.807) is 6.07 Å². The summed E-state index contributed by atoms with van der Waals surface area (Å²) in [5.41, 5.74) is -0.951. The van der Waals surface area contributed by atoms with Gasteiger partial charge in [0.25, 0.3) is 5.91 Å². The number of nitrogens with zero attached hydrogens (tertiary/aromatic N) is 1. The Balaban J connectivity index is 2.10. The molecule has 0 saturated heterocycles. The fourth-order valence-electron chi connectivity index (χ4n) is 2.49. The van der Waals surface area contributed by atoms with Crippen molar-refractivity contribution in [3.63, 3.8) is 0 Å². The first-order valence-corrected chi connectivity index (χ1v) is 8.58. The number of likely N-dealkylation sites (N-methyl/N-ethyl adjacent to an activating group) is 1. The van der Waals surface area contributed by atoms with Gasteiger partial charge in [-0.15, -0.1) is 0 Å². The van der Waals surface area contributed by atoms with Gasteiger partial charge in [0.05, 0.1) is 36.9 Å². The first kappa shape index (κ1) is 22.4. The number of rotatable bonds is 6. The van der Waals surface area contributed by atoms with Gasteiger partial charge in [0.2, 0.25) is 5.91 Å². The van der Waals surface area contributed by atoms with E-state index < -0.39 is 35.1 Å². The molecular weight excluding hydrogens is 413 g/mol. The summed E-state index contributed by atoms with van der Waals surface area (Å²) in [6, 6.07) is 7.59. The van der Waals surface area contributed by atoms with Crippen LogP contribution in [0.25, 0.3) is 0 Å². The minimum atomic E-state index is -4.66. The van der Waals surface area contributed by atoms with E-state index in [0.29, 0.717) is 5.75 Å². The average Bonchev–Trinajstić information content (AvgIpc) is 2.67. The Bertz CT molecular complexity index is 919. The Morgan fingerprint density at radius 2 is 1.79 bits per heavy atom. The van der Waals surface area contributed by atoms with Crippen LogP contribution < -0.4 is 14.8 Å². The molecule has 0 heterocycles. The molecule has 0 atom stereocenters. The van der Waals surface area contributed by atoms with Gasteiger partial charge in [0.1, 0.15) is 11.5 Å². The Kier molecular flexibility index (Phi) is 6.97. The second-order valence-electron chi connectivity index (χ2n) is 5.97. The van der Waals surface area contributed by atoms with Gasteiger partial charge in [-0.05, 0) is 30.3 Å². The summed E-state index contributed by atoms with van der Waals surface area (Å²) in [4.78, 5) is 25.9. The third-order valence-electron chi connectivity index (χ3n) is 3.92. The highest BCUT2D eigenvalue weighted by Gasteiger charge is 2.33. The van der Waals surface area contributed by atoms with Crippen LogP contribution in [0.2, 0.25) is 5.02 Å². The van der Waals surface area contributed by atoms with Crippen LogP contribution in [0.15, 0.2) is 36.4 Å². The number of ether oxygens (including phenoxy) is 2. The normalized spacial score (nSPS) is 11.0. The second-order valence-corrected chi connectivity index (χ2v) is 6.38. The smallest absolute Gasteiger partial charge is 0.417 e. The molecule has 0 radical (unpaired) electrons. The van der Waals surface area contributed by atoms with E-state index in [-0.39, 0.29) is 17.0 Å². The van der Waals surface area contributed by atoms with E-state index in [4.69, 9.17) is 21.1 Å². The monoisotopic (exact) mass is 430 g/mol. The van der Waals surface area contributed by atoms with Crippen molar-refractivity contribution in [2.45, 2.75) is 6.18 Å². The number of nitrogens with one attached hydrogen (secondary N) is 1. The number of anilines is 1. The molecular formula is C19H18ClF3N2O4. The van der Waals surface area contributed by atoms with Crippen LogP contribution in [0.1, 0.15) is 15.9 Å². The highest BCUT2D eigenvalue weighted by molar-refractivity contribution is 6.31. The van der Waals surface area contributed by atoms with Crippen LogP contribution >= 0.6 is 11.6 Å². The molecule has 0 unspecified atom stereocenters. The summed E-state index contributed by atoms with van der Waals surface area (Å²) in [5, 5.41) is 1.85. The van der Waals surface area contributed by atoms with Gasteiger partial charge in [-0.3, -0.25) is 9.59 Å². The molecule has 0 saturated carbocycles. The predicted molar refractivity (Wildman–Crippen MR) is 102 cm³/mol. The van der Waals surface area contributed by atoms with Crippen molar-refractivity contribution in [1.29, 1.82) is 0 Å². The van der Waals surface area contributed by atoms with Gasteiger partial charge in [-0.2, -0.15) is 13.2 Å². The van der Waals surface area contributed by atoms with Gasteiger partial charge in [0.15, 0.2) is 0 Å². The van der Waals surface area contributed by atoms with Crippen LogP contribution in [-0.2, 0) is 11.0 Å². The Labute approximate surface area is 170 Å². The van der Waals surface area contributed by atoms with E-state index in [2.05, 4.69) is 5.32 Å². The lowest BCUT2D eigenvalue weighted by Crippen LogP contribution is -2.35. The van der Waals surface area contributed by atoms with Gasteiger partial charge in [-0.1, -0.05) is 11.6 Å². The number of halogens is 4. The number of methoxy groups -OCH3 is 2. The molecule has 1 N–H and O–H groups in total. The van der Waals surface area contributed by atoms with Gasteiger partial charge < -0.3 is 19.7 Å². The quantitative estimate of drug-likeness (QED) is 0.749. The molecule has 6 nitrogen and oxygen atoms in total. The lowest BCUT2D eigenvalue weighted by molar-refractivity contribution is -0.137. The highest BCUT2D eigenvalue weighted by Crippen LogP contribution is 2.36. The largest absolute Gasteiger partial charge is 0.497 e. The third kappa shape index (κ3) is 5.54. The number of hydrogen-bond donors (Lipinski definition) is 1. The molecule has 29 heavy (non-hydrogen) atoms. The van der Waals surface area contributed by atoms with Crippen molar-refractivity contribution < 1.29 is 32.2 Å². The highest BCUT2D eigenvalue weighted by atomic mass is 35.5. The lowest BCUT2D eigenvalue weighted by atomic mass is 10.1. The lowest BCUT2D eigenvalue weighted by Gasteiger charge is -2.19. The number of amides is 2. The topological polar surface area (TPSA) is 67.9 Å². The number of alkyl halides is 3. The molecule has 0 aliphatic carbocycles. The van der Waals surface area contributed by atoms with Crippen molar-refractivity contribution in [3.8, 4) is 11.5 Å². The van der Waals surface area contributed by atoms with Crippen molar-refractivity contribution in [1.82, 2.24) is 4.90 Å². The van der Waals surface area contributed by atoms with Gasteiger partial charge >= 0.3 is 6.18 Å². The van der Waals surface area contributed by atoms with Crippen molar-refractivity contribution >= 4 is 29.1 Å². The molecule has 0 aliphatic heterocycles. The summed E-state index contributed by atoms with van der Waals surface area (Å²) in [7, 11) is 4.24. The van der Waals surface area contributed by atoms with E-state index in [0.717, 1.165) is 17.0 Å². The van der Waals surface area contributed by atoms with E-state index >= 15 is 0 Å². The van der Waals surface area contributed by atoms with E-state index in [1.807, 2.05) is 0 Å². The zero-order valence-corrected chi connectivity index (χ0v) is 16.5. The molecule has 2 aromatic carbocycles. The van der Waals surface area contributed by atoms with Gasteiger partial charge in [-0.25, -0.2) is 0 Å². The van der Waals surface area contributed by atoms with Crippen molar-refractivity contribution in [3.05, 3.63) is 52.5 Å². The summed E-state index contributed by atoms with van der Waals surface area (Å²) >= 11 is 5.55. The molecule has 0 spiro atoms. The Morgan fingerprint density at radius 1 is 1.10 bits per heavy atom. The molecule has 0 aromatic heterocycles. The molecule has 156 valence electrons. The molecule has 0 aliphatic rings. The average molecular weight is 431 g/mol. The first-order chi connectivity index (χ1) is 13.6. The molecule has 0 fully saturated rings. The number of benzene rings is 2. The summed E-state index contributed by atoms with van der Waals surface area (Å²) < 4.78 is 49.0. The fourth-order valence-corrected chi connectivity index (χ4v) is 2.71. The van der Waals surface area contributed by atoms with Crippen LogP contribution in [0, 0.1) is 0 Å². The van der Waals surface area contributed by atoms with E-state index in [1.165, 1.54) is 39.5 Å². The van der Waals surface area contributed by atoms with Crippen molar-refractivity contribution in [2.75, 3.05) is 33.1 Å². The zero-order chi connectivity index (χ0) is 21.8. The van der Waals surface area contributed by atoms with Crippen LogP contribution in [0.3, 0.4) is 0 Å². The number of hydrogen-bond acceptors (Lipinski definition) is 4. The first-order valence-electron chi connectivity index (χ1n) is 8.21. The van der Waals surface area contributed by atoms with Crippen molar-refractivity contribution in [2.24, 2.45) is 0 Å². The number of carbonyl (C=O) groups excluding carboxylic acids is 2. The third-order valence-corrected chi connectivity index (χ3v) is 4.25. The molecule has 10 heteroatoms. The SMILES string of the molecule is COc1ccc(C(=O)N(C)CC(=O)Nc2ccc(Cl)c(C(F)(F)F)c2)c(OC)c1. The maximum absolute atomic E-state index is 12.9. The van der Waals surface area contributed by atoms with E-state index in [9.17, 15) is 22.8 Å². The van der Waals surface area contributed by atoms with Crippen LogP contribution in [0.5, 0.6) is 11.5 Å². The Hall–Kier alpha value is -2.94. The molecule has 0 bridgehead atoms. The second kappa shape index (κ2) is 9.04. The number of carbonyl (C=O) groups is 2. The summed E-state index contributed by atoms with van der Waals surface area (Å²) in [6.45, 7) is -0.391. The Morgan fingerprint density at radius 3 is 2.38 bits per heavy atom. The standard InChI is InChI=1S/C19H18ClF3N2O4/c1-25(18(27)13-6-5-12(28-2)9-16(13)29-3)10-17(26)24-11-4-7-15(20)14(8-11)19(21,22)23/h4-9H,10H2,1-3H3,(H,24,26). The zero-order valence-electron chi connectivity index (χ0n) is 15.8. The van der Waals surface area contributed by atoms with Crippen LogP contribution in [-0.4, -0.2) is 44.5 Å².